The highest BCUT2D eigenvalue weighted by Gasteiger charge is 2.47. The molecule has 2 heteroatoms. The first kappa shape index (κ1) is 11.8. The van der Waals surface area contributed by atoms with Crippen molar-refractivity contribution in [2.24, 2.45) is 23.5 Å². The minimum Gasteiger partial charge on any atom is -0.487 e. The van der Waals surface area contributed by atoms with Crippen molar-refractivity contribution in [3.63, 3.8) is 0 Å². The third-order valence-corrected chi connectivity index (χ3v) is 5.26. The van der Waals surface area contributed by atoms with Gasteiger partial charge in [-0.2, -0.15) is 0 Å². The van der Waals surface area contributed by atoms with Gasteiger partial charge < -0.3 is 10.5 Å². The second kappa shape index (κ2) is 3.76. The van der Waals surface area contributed by atoms with Gasteiger partial charge in [-0.1, -0.05) is 12.1 Å². The van der Waals surface area contributed by atoms with Gasteiger partial charge in [0.15, 0.2) is 0 Å². The average Bonchev–Trinajstić information content (AvgIpc) is 2.82. The number of benzene rings is 1. The predicted octanol–water partition coefficient (Wildman–Crippen LogP) is 3.45. The number of hydrogen-bond donors (Lipinski definition) is 1. The molecule has 3 aliphatic rings. The summed E-state index contributed by atoms with van der Waals surface area (Å²) in [5, 5.41) is 0. The second-order valence-corrected chi connectivity index (χ2v) is 7.42. The molecule has 2 fully saturated rings. The first-order valence-electron chi connectivity index (χ1n) is 7.59. The number of ether oxygens (including phenoxy) is 1. The van der Waals surface area contributed by atoms with Crippen LogP contribution in [0, 0.1) is 17.8 Å². The van der Waals surface area contributed by atoms with Crippen molar-refractivity contribution in [2.75, 3.05) is 0 Å². The van der Waals surface area contributed by atoms with Gasteiger partial charge in [0.1, 0.15) is 11.4 Å². The van der Waals surface area contributed by atoms with Crippen molar-refractivity contribution in [3.05, 3.63) is 29.3 Å². The molecule has 1 aromatic carbocycles. The Bertz CT molecular complexity index is 512. The standard InChI is InChI=1S/C17H23NO/c1-17(2)9-14-5-10(3-4-15(14)19-17)16(18)13-7-11-6-12(11)8-13/h3-5,11-13,16H,6-9,18H2,1-2H3. The summed E-state index contributed by atoms with van der Waals surface area (Å²) in [5.41, 5.74) is 9.09. The monoisotopic (exact) mass is 257 g/mol. The number of hydrogen-bond acceptors (Lipinski definition) is 2. The van der Waals surface area contributed by atoms with E-state index < -0.39 is 0 Å². The molecule has 4 rings (SSSR count). The van der Waals surface area contributed by atoms with E-state index in [1.165, 1.54) is 30.4 Å². The van der Waals surface area contributed by atoms with E-state index in [0.29, 0.717) is 5.92 Å². The molecular formula is C17H23NO. The molecule has 0 spiro atoms. The third-order valence-electron chi connectivity index (χ3n) is 5.26. The fourth-order valence-corrected chi connectivity index (χ4v) is 4.16. The summed E-state index contributed by atoms with van der Waals surface area (Å²) < 4.78 is 5.94. The van der Waals surface area contributed by atoms with Crippen LogP contribution in [0.25, 0.3) is 0 Å². The molecule has 2 saturated carbocycles. The number of fused-ring (bicyclic) bond motifs is 2. The predicted molar refractivity (Wildman–Crippen MR) is 76.1 cm³/mol. The van der Waals surface area contributed by atoms with Gasteiger partial charge in [-0.25, -0.2) is 0 Å². The van der Waals surface area contributed by atoms with Crippen LogP contribution < -0.4 is 10.5 Å². The van der Waals surface area contributed by atoms with Crippen LogP contribution in [0.2, 0.25) is 0 Å². The molecule has 102 valence electrons. The normalized spacial score (nSPS) is 35.4. The van der Waals surface area contributed by atoms with E-state index in [1.54, 1.807) is 0 Å². The summed E-state index contributed by atoms with van der Waals surface area (Å²) in [6.07, 6.45) is 5.17. The van der Waals surface area contributed by atoms with E-state index in [9.17, 15) is 0 Å². The Balaban J connectivity index is 1.56. The molecule has 1 heterocycles. The van der Waals surface area contributed by atoms with Gasteiger partial charge in [0.2, 0.25) is 0 Å². The molecular weight excluding hydrogens is 234 g/mol. The van der Waals surface area contributed by atoms with E-state index in [1.807, 2.05) is 0 Å². The van der Waals surface area contributed by atoms with Gasteiger partial charge in [0, 0.05) is 12.5 Å². The van der Waals surface area contributed by atoms with E-state index in [2.05, 4.69) is 32.0 Å². The zero-order valence-corrected chi connectivity index (χ0v) is 11.9. The summed E-state index contributed by atoms with van der Waals surface area (Å²) in [6.45, 7) is 4.30. The molecule has 0 amide bonds. The summed E-state index contributed by atoms with van der Waals surface area (Å²) in [7, 11) is 0. The minimum absolute atomic E-state index is 0.0555. The number of nitrogens with two attached hydrogens (primary N) is 1. The highest BCUT2D eigenvalue weighted by molar-refractivity contribution is 5.42. The van der Waals surface area contributed by atoms with Crippen molar-refractivity contribution in [1.29, 1.82) is 0 Å². The molecule has 1 aliphatic heterocycles. The SMILES string of the molecule is CC1(C)Cc2cc(C(N)C3CC4CC4C3)ccc2O1. The van der Waals surface area contributed by atoms with Gasteiger partial charge in [-0.3, -0.25) is 0 Å². The van der Waals surface area contributed by atoms with Crippen LogP contribution in [0.5, 0.6) is 5.75 Å². The van der Waals surface area contributed by atoms with E-state index in [0.717, 1.165) is 24.0 Å². The number of rotatable bonds is 2. The van der Waals surface area contributed by atoms with Crippen molar-refractivity contribution >= 4 is 0 Å². The Labute approximate surface area is 115 Å². The van der Waals surface area contributed by atoms with Crippen LogP contribution >= 0.6 is 0 Å². The van der Waals surface area contributed by atoms with Crippen LogP contribution in [0.1, 0.15) is 50.3 Å². The molecule has 0 saturated heterocycles. The molecule has 19 heavy (non-hydrogen) atoms. The third kappa shape index (κ3) is 1.97. The molecule has 0 radical (unpaired) electrons. The first-order valence-corrected chi connectivity index (χ1v) is 7.59. The molecule has 3 atom stereocenters. The van der Waals surface area contributed by atoms with Crippen LogP contribution in [-0.2, 0) is 6.42 Å². The molecule has 2 N–H and O–H groups in total. The van der Waals surface area contributed by atoms with E-state index in [-0.39, 0.29) is 11.6 Å². The maximum absolute atomic E-state index is 6.50. The highest BCUT2D eigenvalue weighted by Crippen LogP contribution is 2.56. The topological polar surface area (TPSA) is 35.2 Å². The Morgan fingerprint density at radius 1 is 1.21 bits per heavy atom. The lowest BCUT2D eigenvalue weighted by molar-refractivity contribution is 0.138. The van der Waals surface area contributed by atoms with Crippen molar-refractivity contribution in [1.82, 2.24) is 0 Å². The van der Waals surface area contributed by atoms with Gasteiger partial charge in [0.25, 0.3) is 0 Å². The molecule has 3 unspecified atom stereocenters. The van der Waals surface area contributed by atoms with Crippen molar-refractivity contribution in [3.8, 4) is 5.75 Å². The van der Waals surface area contributed by atoms with Crippen molar-refractivity contribution in [2.45, 2.75) is 51.2 Å². The maximum atomic E-state index is 6.50. The fraction of sp³-hybridized carbons (Fsp3) is 0.647. The highest BCUT2D eigenvalue weighted by atomic mass is 16.5. The van der Waals surface area contributed by atoms with Crippen LogP contribution in [0.3, 0.4) is 0 Å². The lowest BCUT2D eigenvalue weighted by Crippen LogP contribution is -2.24. The van der Waals surface area contributed by atoms with Crippen molar-refractivity contribution < 1.29 is 4.74 Å². The van der Waals surface area contributed by atoms with Gasteiger partial charge in [0.05, 0.1) is 0 Å². The van der Waals surface area contributed by atoms with Gasteiger partial charge in [-0.15, -0.1) is 0 Å². The van der Waals surface area contributed by atoms with Crippen LogP contribution in [0.4, 0.5) is 0 Å². The summed E-state index contributed by atoms with van der Waals surface area (Å²) in [6, 6.07) is 6.81. The van der Waals surface area contributed by atoms with Crippen LogP contribution in [0.15, 0.2) is 18.2 Å². The summed E-state index contributed by atoms with van der Waals surface area (Å²) in [5.74, 6) is 3.77. The Morgan fingerprint density at radius 3 is 2.68 bits per heavy atom. The Hall–Kier alpha value is -1.02. The average molecular weight is 257 g/mol. The summed E-state index contributed by atoms with van der Waals surface area (Å²) >= 11 is 0. The van der Waals surface area contributed by atoms with Gasteiger partial charge in [-0.05, 0) is 68.1 Å². The Kier molecular flexibility index (Phi) is 2.33. The minimum atomic E-state index is -0.0555. The first-order chi connectivity index (χ1) is 9.02. The lowest BCUT2D eigenvalue weighted by atomic mass is 9.88. The quantitative estimate of drug-likeness (QED) is 0.880. The molecule has 2 nitrogen and oxygen atoms in total. The Morgan fingerprint density at radius 2 is 1.95 bits per heavy atom. The summed E-state index contributed by atoms with van der Waals surface area (Å²) in [4.78, 5) is 0. The zero-order valence-electron chi connectivity index (χ0n) is 11.9. The molecule has 0 bridgehead atoms. The fourth-order valence-electron chi connectivity index (χ4n) is 4.16. The molecule has 2 aliphatic carbocycles. The van der Waals surface area contributed by atoms with E-state index in [4.69, 9.17) is 10.5 Å². The lowest BCUT2D eigenvalue weighted by Gasteiger charge is -2.21. The zero-order chi connectivity index (χ0) is 13.2. The van der Waals surface area contributed by atoms with Gasteiger partial charge >= 0.3 is 0 Å². The van der Waals surface area contributed by atoms with E-state index >= 15 is 0 Å². The largest absolute Gasteiger partial charge is 0.487 e. The molecule has 1 aromatic rings. The second-order valence-electron chi connectivity index (χ2n) is 7.42. The van der Waals surface area contributed by atoms with Crippen LogP contribution in [-0.4, -0.2) is 5.60 Å². The molecule has 0 aromatic heterocycles. The smallest absolute Gasteiger partial charge is 0.123 e. The maximum Gasteiger partial charge on any atom is 0.123 e.